The molecule has 0 unspecified atom stereocenters. The topological polar surface area (TPSA) is 64.9 Å². The Labute approximate surface area is 131 Å². The number of rotatable bonds is 5. The van der Waals surface area contributed by atoms with Gasteiger partial charge in [0.25, 0.3) is 0 Å². The molecular formula is C16H27N3OS. The van der Waals surface area contributed by atoms with Gasteiger partial charge in [0.15, 0.2) is 5.82 Å². The Morgan fingerprint density at radius 1 is 1.24 bits per heavy atom. The van der Waals surface area contributed by atoms with Crippen molar-refractivity contribution in [2.24, 2.45) is 11.7 Å². The van der Waals surface area contributed by atoms with E-state index in [9.17, 15) is 0 Å². The van der Waals surface area contributed by atoms with E-state index in [0.717, 1.165) is 35.6 Å². The lowest BCUT2D eigenvalue weighted by Crippen LogP contribution is -2.40. The van der Waals surface area contributed by atoms with Gasteiger partial charge in [0.05, 0.1) is 11.3 Å². The molecule has 1 aromatic rings. The van der Waals surface area contributed by atoms with Gasteiger partial charge in [-0.3, -0.25) is 0 Å². The molecular weight excluding hydrogens is 282 g/mol. The maximum atomic E-state index is 6.53. The van der Waals surface area contributed by atoms with Crippen molar-refractivity contribution in [1.29, 1.82) is 0 Å². The van der Waals surface area contributed by atoms with E-state index in [0.29, 0.717) is 5.89 Å². The van der Waals surface area contributed by atoms with Crippen molar-refractivity contribution in [3.8, 4) is 0 Å². The Hall–Kier alpha value is -0.550. The Balaban J connectivity index is 1.56. The summed E-state index contributed by atoms with van der Waals surface area (Å²) in [5.74, 6) is 3.17. The standard InChI is InChI=1S/C16H27N3OS/c1-2-12-7-9-16(17,10-8-12)15-18-14(19-20-15)11-21-13-5-3-4-6-13/h12-13H,2-11,17H2,1H3. The molecule has 3 rings (SSSR count). The largest absolute Gasteiger partial charge is 0.337 e. The van der Waals surface area contributed by atoms with Crippen LogP contribution in [0.15, 0.2) is 4.52 Å². The molecule has 4 nitrogen and oxygen atoms in total. The Morgan fingerprint density at radius 2 is 1.95 bits per heavy atom. The lowest BCUT2D eigenvalue weighted by atomic mass is 9.76. The zero-order chi connectivity index (χ0) is 14.7. The highest BCUT2D eigenvalue weighted by Gasteiger charge is 2.37. The number of hydrogen-bond donors (Lipinski definition) is 1. The zero-order valence-electron chi connectivity index (χ0n) is 13.0. The average Bonchev–Trinajstić information content (AvgIpc) is 3.18. The van der Waals surface area contributed by atoms with Gasteiger partial charge in [-0.1, -0.05) is 31.3 Å². The molecule has 0 saturated heterocycles. The predicted molar refractivity (Wildman–Crippen MR) is 86.0 cm³/mol. The fourth-order valence-corrected chi connectivity index (χ4v) is 4.75. The molecule has 0 amide bonds. The third-order valence-electron chi connectivity index (χ3n) is 5.22. The van der Waals surface area contributed by atoms with Crippen LogP contribution in [0.5, 0.6) is 0 Å². The van der Waals surface area contributed by atoms with E-state index in [2.05, 4.69) is 17.1 Å². The second-order valence-corrected chi connectivity index (χ2v) is 8.03. The van der Waals surface area contributed by atoms with Crippen LogP contribution in [-0.2, 0) is 11.3 Å². The van der Waals surface area contributed by atoms with E-state index < -0.39 is 0 Å². The van der Waals surface area contributed by atoms with Crippen molar-refractivity contribution in [1.82, 2.24) is 10.1 Å². The molecule has 2 aliphatic carbocycles. The van der Waals surface area contributed by atoms with Crippen LogP contribution in [0, 0.1) is 5.92 Å². The number of hydrogen-bond acceptors (Lipinski definition) is 5. The lowest BCUT2D eigenvalue weighted by molar-refractivity contribution is 0.181. The van der Waals surface area contributed by atoms with E-state index in [1.54, 1.807) is 0 Å². The van der Waals surface area contributed by atoms with Crippen molar-refractivity contribution >= 4 is 11.8 Å². The SMILES string of the molecule is CCC1CCC(N)(c2nc(CSC3CCCC3)no2)CC1. The van der Waals surface area contributed by atoms with Crippen molar-refractivity contribution in [2.45, 2.75) is 81.3 Å². The molecule has 0 spiro atoms. The predicted octanol–water partition coefficient (Wildman–Crippen LogP) is 4.00. The maximum Gasteiger partial charge on any atom is 0.246 e. The Bertz CT molecular complexity index is 448. The Kier molecular flexibility index (Phi) is 4.89. The monoisotopic (exact) mass is 309 g/mol. The number of nitrogens with zero attached hydrogens (tertiary/aromatic N) is 2. The molecule has 2 fully saturated rings. The summed E-state index contributed by atoms with van der Waals surface area (Å²) < 4.78 is 5.49. The van der Waals surface area contributed by atoms with Crippen LogP contribution < -0.4 is 5.73 Å². The van der Waals surface area contributed by atoms with Crippen LogP contribution in [-0.4, -0.2) is 15.4 Å². The number of nitrogens with two attached hydrogens (primary N) is 1. The molecule has 1 heterocycles. The van der Waals surface area contributed by atoms with Gasteiger partial charge in [-0.15, -0.1) is 0 Å². The normalized spacial score (nSPS) is 30.9. The number of thioether (sulfide) groups is 1. The second-order valence-electron chi connectivity index (χ2n) is 6.74. The fraction of sp³-hybridized carbons (Fsp3) is 0.875. The molecule has 0 radical (unpaired) electrons. The first-order valence-electron chi connectivity index (χ1n) is 8.43. The van der Waals surface area contributed by atoms with Crippen molar-refractivity contribution in [2.75, 3.05) is 0 Å². The summed E-state index contributed by atoms with van der Waals surface area (Å²) in [6.07, 6.45) is 11.0. The summed E-state index contributed by atoms with van der Waals surface area (Å²) in [6, 6.07) is 0. The molecule has 0 aliphatic heterocycles. The summed E-state index contributed by atoms with van der Waals surface area (Å²) in [6.45, 7) is 2.26. The van der Waals surface area contributed by atoms with Gasteiger partial charge >= 0.3 is 0 Å². The third kappa shape index (κ3) is 3.62. The van der Waals surface area contributed by atoms with Gasteiger partial charge < -0.3 is 10.3 Å². The van der Waals surface area contributed by atoms with Crippen molar-refractivity contribution < 1.29 is 4.52 Å². The third-order valence-corrected chi connectivity index (χ3v) is 6.59. The van der Waals surface area contributed by atoms with Crippen molar-refractivity contribution in [3.05, 3.63) is 11.7 Å². The van der Waals surface area contributed by atoms with E-state index in [1.165, 1.54) is 44.9 Å². The minimum atomic E-state index is -0.380. The highest BCUT2D eigenvalue weighted by atomic mass is 32.2. The van der Waals surface area contributed by atoms with Crippen LogP contribution in [0.4, 0.5) is 0 Å². The molecule has 118 valence electrons. The minimum Gasteiger partial charge on any atom is -0.337 e. The first-order chi connectivity index (χ1) is 10.2. The highest BCUT2D eigenvalue weighted by Crippen LogP contribution is 2.38. The van der Waals surface area contributed by atoms with Crippen LogP contribution >= 0.6 is 11.8 Å². The molecule has 0 aromatic carbocycles. The van der Waals surface area contributed by atoms with E-state index in [-0.39, 0.29) is 5.54 Å². The summed E-state index contributed by atoms with van der Waals surface area (Å²) in [7, 11) is 0. The molecule has 21 heavy (non-hydrogen) atoms. The van der Waals surface area contributed by atoms with E-state index in [4.69, 9.17) is 10.3 Å². The molecule has 2 saturated carbocycles. The van der Waals surface area contributed by atoms with Crippen LogP contribution in [0.2, 0.25) is 0 Å². The van der Waals surface area contributed by atoms with Crippen molar-refractivity contribution in [3.63, 3.8) is 0 Å². The van der Waals surface area contributed by atoms with Gasteiger partial charge in [0.2, 0.25) is 5.89 Å². The number of aromatic nitrogens is 2. The summed E-state index contributed by atoms with van der Waals surface area (Å²) in [4.78, 5) is 4.59. The summed E-state index contributed by atoms with van der Waals surface area (Å²) >= 11 is 1.97. The van der Waals surface area contributed by atoms with E-state index in [1.807, 2.05) is 11.8 Å². The van der Waals surface area contributed by atoms with Gasteiger partial charge in [-0.05, 0) is 44.4 Å². The smallest absolute Gasteiger partial charge is 0.246 e. The quantitative estimate of drug-likeness (QED) is 0.890. The van der Waals surface area contributed by atoms with Crippen LogP contribution in [0.3, 0.4) is 0 Å². The maximum absolute atomic E-state index is 6.53. The summed E-state index contributed by atoms with van der Waals surface area (Å²) in [5.41, 5.74) is 6.15. The highest BCUT2D eigenvalue weighted by molar-refractivity contribution is 7.99. The average molecular weight is 309 g/mol. The molecule has 2 N–H and O–H groups in total. The summed E-state index contributed by atoms with van der Waals surface area (Å²) in [5, 5.41) is 4.94. The first-order valence-corrected chi connectivity index (χ1v) is 9.48. The van der Waals surface area contributed by atoms with Gasteiger partial charge in [-0.2, -0.15) is 16.7 Å². The first kappa shape index (κ1) is 15.3. The van der Waals surface area contributed by atoms with Gasteiger partial charge in [-0.25, -0.2) is 0 Å². The second kappa shape index (κ2) is 6.69. The molecule has 2 aliphatic rings. The van der Waals surface area contributed by atoms with Crippen LogP contribution in [0.1, 0.15) is 76.4 Å². The molecule has 5 heteroatoms. The molecule has 0 bridgehead atoms. The van der Waals surface area contributed by atoms with Gasteiger partial charge in [0, 0.05) is 5.25 Å². The lowest BCUT2D eigenvalue weighted by Gasteiger charge is -2.33. The minimum absolute atomic E-state index is 0.380. The Morgan fingerprint density at radius 3 is 2.62 bits per heavy atom. The zero-order valence-corrected chi connectivity index (χ0v) is 13.8. The van der Waals surface area contributed by atoms with E-state index >= 15 is 0 Å². The molecule has 1 aromatic heterocycles. The van der Waals surface area contributed by atoms with Gasteiger partial charge in [0.1, 0.15) is 0 Å². The van der Waals surface area contributed by atoms with Crippen LogP contribution in [0.25, 0.3) is 0 Å². The molecule has 0 atom stereocenters. The fourth-order valence-electron chi connectivity index (χ4n) is 3.58.